The number of rotatable bonds is 4. The van der Waals surface area contributed by atoms with E-state index >= 15 is 0 Å². The second-order valence-corrected chi connectivity index (χ2v) is 6.08. The molecule has 1 aliphatic heterocycles. The van der Waals surface area contributed by atoms with Crippen molar-refractivity contribution in [3.8, 4) is 0 Å². The minimum Gasteiger partial charge on any atom is -0.350 e. The summed E-state index contributed by atoms with van der Waals surface area (Å²) in [6.07, 6.45) is 7.09. The summed E-state index contributed by atoms with van der Waals surface area (Å²) in [5.41, 5.74) is 0.414. The molecule has 116 valence electrons. The van der Waals surface area contributed by atoms with Gasteiger partial charge in [0.25, 0.3) is 0 Å². The standard InChI is InChI=1S/C16H19N3O3/c20-13(18-10-12-3-7-17-8-4-12)11-19-14(21)9-16(15(19)22)5-1-2-6-16/h3-4,7-8H,1-2,5-6,9-11H2,(H,18,20). The van der Waals surface area contributed by atoms with E-state index in [0.717, 1.165) is 36.1 Å². The maximum absolute atomic E-state index is 12.5. The summed E-state index contributed by atoms with van der Waals surface area (Å²) in [7, 11) is 0. The minimum atomic E-state index is -0.511. The van der Waals surface area contributed by atoms with Crippen LogP contribution in [0.2, 0.25) is 0 Å². The van der Waals surface area contributed by atoms with E-state index in [4.69, 9.17) is 0 Å². The van der Waals surface area contributed by atoms with Gasteiger partial charge in [-0.15, -0.1) is 0 Å². The van der Waals surface area contributed by atoms with Gasteiger partial charge in [0, 0.05) is 25.4 Å². The monoisotopic (exact) mass is 301 g/mol. The minimum absolute atomic E-state index is 0.158. The molecule has 6 heteroatoms. The number of amides is 3. The predicted octanol–water partition coefficient (Wildman–Crippen LogP) is 1.02. The molecule has 1 aromatic rings. The van der Waals surface area contributed by atoms with Gasteiger partial charge in [-0.3, -0.25) is 24.3 Å². The number of pyridine rings is 1. The molecular formula is C16H19N3O3. The number of likely N-dealkylation sites (tertiary alicyclic amines) is 1. The molecule has 1 N–H and O–H groups in total. The summed E-state index contributed by atoms with van der Waals surface area (Å²) in [6.45, 7) is 0.188. The van der Waals surface area contributed by atoms with Crippen molar-refractivity contribution in [3.63, 3.8) is 0 Å². The summed E-state index contributed by atoms with van der Waals surface area (Å²) in [4.78, 5) is 41.6. The van der Waals surface area contributed by atoms with Crippen LogP contribution >= 0.6 is 0 Å². The van der Waals surface area contributed by atoms with Crippen molar-refractivity contribution < 1.29 is 14.4 Å². The second kappa shape index (κ2) is 5.87. The first kappa shape index (κ1) is 14.7. The number of hydrogen-bond donors (Lipinski definition) is 1. The molecule has 1 saturated carbocycles. The fourth-order valence-electron chi connectivity index (χ4n) is 3.36. The van der Waals surface area contributed by atoms with Crippen LogP contribution in [-0.2, 0) is 20.9 Å². The van der Waals surface area contributed by atoms with Gasteiger partial charge < -0.3 is 5.32 Å². The van der Waals surface area contributed by atoms with Crippen LogP contribution in [0, 0.1) is 5.41 Å². The SMILES string of the molecule is O=C(CN1C(=O)CC2(CCCC2)C1=O)NCc1ccncc1. The first-order chi connectivity index (χ1) is 10.6. The van der Waals surface area contributed by atoms with E-state index in [1.807, 2.05) is 0 Å². The summed E-state index contributed by atoms with van der Waals surface area (Å²) < 4.78 is 0. The highest BCUT2D eigenvalue weighted by Gasteiger charge is 2.52. The lowest BCUT2D eigenvalue weighted by Gasteiger charge is -2.20. The molecule has 0 atom stereocenters. The lowest BCUT2D eigenvalue weighted by atomic mass is 9.84. The van der Waals surface area contributed by atoms with Crippen LogP contribution in [0.15, 0.2) is 24.5 Å². The van der Waals surface area contributed by atoms with E-state index in [2.05, 4.69) is 10.3 Å². The van der Waals surface area contributed by atoms with E-state index in [1.54, 1.807) is 24.5 Å². The third-order valence-corrected chi connectivity index (χ3v) is 4.59. The summed E-state index contributed by atoms with van der Waals surface area (Å²) in [5, 5.41) is 2.73. The molecule has 1 spiro atoms. The summed E-state index contributed by atoms with van der Waals surface area (Å²) >= 11 is 0. The van der Waals surface area contributed by atoms with Crippen molar-refractivity contribution >= 4 is 17.7 Å². The Bertz CT molecular complexity index is 594. The molecule has 3 rings (SSSR count). The number of nitrogens with one attached hydrogen (secondary N) is 1. The van der Waals surface area contributed by atoms with Crippen molar-refractivity contribution in [3.05, 3.63) is 30.1 Å². The lowest BCUT2D eigenvalue weighted by molar-refractivity contribution is -0.144. The van der Waals surface area contributed by atoms with Crippen molar-refractivity contribution in [2.45, 2.75) is 38.6 Å². The molecule has 0 bridgehead atoms. The molecule has 2 heterocycles. The number of carbonyl (C=O) groups is 3. The number of imide groups is 1. The van der Waals surface area contributed by atoms with Gasteiger partial charge in [0.15, 0.2) is 0 Å². The van der Waals surface area contributed by atoms with Crippen LogP contribution in [0.4, 0.5) is 0 Å². The zero-order valence-electron chi connectivity index (χ0n) is 12.4. The molecule has 1 saturated heterocycles. The third-order valence-electron chi connectivity index (χ3n) is 4.59. The molecule has 0 unspecified atom stereocenters. The molecule has 3 amide bonds. The zero-order valence-corrected chi connectivity index (χ0v) is 12.4. The molecule has 2 fully saturated rings. The van der Waals surface area contributed by atoms with E-state index in [0.29, 0.717) is 6.54 Å². The fourth-order valence-corrected chi connectivity index (χ4v) is 3.36. The van der Waals surface area contributed by atoms with Gasteiger partial charge in [-0.05, 0) is 30.5 Å². The largest absolute Gasteiger partial charge is 0.350 e. The zero-order chi connectivity index (χ0) is 15.6. The van der Waals surface area contributed by atoms with E-state index in [1.165, 1.54) is 0 Å². The van der Waals surface area contributed by atoms with Crippen LogP contribution in [0.25, 0.3) is 0 Å². The molecule has 2 aliphatic rings. The van der Waals surface area contributed by atoms with Crippen LogP contribution < -0.4 is 5.32 Å². The molecule has 1 aliphatic carbocycles. The molecule has 1 aromatic heterocycles. The first-order valence-electron chi connectivity index (χ1n) is 7.61. The van der Waals surface area contributed by atoms with Crippen LogP contribution in [0.5, 0.6) is 0 Å². The maximum Gasteiger partial charge on any atom is 0.240 e. The number of carbonyl (C=O) groups excluding carboxylic acids is 3. The van der Waals surface area contributed by atoms with Crippen molar-refractivity contribution in [1.29, 1.82) is 0 Å². The van der Waals surface area contributed by atoms with Gasteiger partial charge in [-0.25, -0.2) is 0 Å². The van der Waals surface area contributed by atoms with Crippen molar-refractivity contribution in [2.24, 2.45) is 5.41 Å². The average molecular weight is 301 g/mol. The van der Waals surface area contributed by atoms with Crippen LogP contribution in [0.1, 0.15) is 37.7 Å². The quantitative estimate of drug-likeness (QED) is 0.842. The third kappa shape index (κ3) is 2.73. The number of aromatic nitrogens is 1. The van der Waals surface area contributed by atoms with E-state index in [-0.39, 0.29) is 30.7 Å². The number of hydrogen-bond acceptors (Lipinski definition) is 4. The topological polar surface area (TPSA) is 79.4 Å². The van der Waals surface area contributed by atoms with Gasteiger partial charge >= 0.3 is 0 Å². The Kier molecular flexibility index (Phi) is 3.92. The Morgan fingerprint density at radius 1 is 1.23 bits per heavy atom. The van der Waals surface area contributed by atoms with Gasteiger partial charge in [0.2, 0.25) is 17.7 Å². The predicted molar refractivity (Wildman–Crippen MR) is 78.3 cm³/mol. The number of nitrogens with zero attached hydrogens (tertiary/aromatic N) is 2. The van der Waals surface area contributed by atoms with Crippen molar-refractivity contribution in [1.82, 2.24) is 15.2 Å². The Morgan fingerprint density at radius 3 is 2.59 bits per heavy atom. The maximum atomic E-state index is 12.5. The van der Waals surface area contributed by atoms with Gasteiger partial charge in [-0.1, -0.05) is 12.8 Å². The first-order valence-corrected chi connectivity index (χ1v) is 7.61. The smallest absolute Gasteiger partial charge is 0.240 e. The van der Waals surface area contributed by atoms with E-state index < -0.39 is 5.41 Å². The van der Waals surface area contributed by atoms with Gasteiger partial charge in [-0.2, -0.15) is 0 Å². The normalized spacial score (nSPS) is 19.9. The molecule has 0 aromatic carbocycles. The average Bonchev–Trinajstić information content (AvgIpc) is 3.08. The van der Waals surface area contributed by atoms with Crippen LogP contribution in [-0.4, -0.2) is 34.2 Å². The fraction of sp³-hybridized carbons (Fsp3) is 0.500. The van der Waals surface area contributed by atoms with Crippen LogP contribution in [0.3, 0.4) is 0 Å². The Labute approximate surface area is 128 Å². The Balaban J connectivity index is 1.57. The summed E-state index contributed by atoms with van der Waals surface area (Å²) in [6, 6.07) is 3.61. The molecule has 0 radical (unpaired) electrons. The van der Waals surface area contributed by atoms with Gasteiger partial charge in [0.1, 0.15) is 6.54 Å². The molecule has 6 nitrogen and oxygen atoms in total. The Morgan fingerprint density at radius 2 is 1.91 bits per heavy atom. The highest BCUT2D eigenvalue weighted by Crippen LogP contribution is 2.46. The lowest BCUT2D eigenvalue weighted by Crippen LogP contribution is -2.42. The Hall–Kier alpha value is -2.24. The molecular weight excluding hydrogens is 282 g/mol. The second-order valence-electron chi connectivity index (χ2n) is 6.08. The molecule has 22 heavy (non-hydrogen) atoms. The highest BCUT2D eigenvalue weighted by molar-refractivity contribution is 6.08. The summed E-state index contributed by atoms with van der Waals surface area (Å²) in [5.74, 6) is -0.686. The van der Waals surface area contributed by atoms with Gasteiger partial charge in [0.05, 0.1) is 5.41 Å². The van der Waals surface area contributed by atoms with E-state index in [9.17, 15) is 14.4 Å². The van der Waals surface area contributed by atoms with Crippen molar-refractivity contribution in [2.75, 3.05) is 6.54 Å². The highest BCUT2D eigenvalue weighted by atomic mass is 16.2.